The molecule has 0 saturated carbocycles. The number of fused-ring (bicyclic) bond motifs is 1. The number of rotatable bonds is 6. The van der Waals surface area contributed by atoms with E-state index >= 15 is 0 Å². The summed E-state index contributed by atoms with van der Waals surface area (Å²) in [5.41, 5.74) is 9.90. The van der Waals surface area contributed by atoms with Crippen molar-refractivity contribution in [2.45, 2.75) is 25.7 Å². The van der Waals surface area contributed by atoms with Gasteiger partial charge >= 0.3 is 0 Å². The van der Waals surface area contributed by atoms with Gasteiger partial charge in [0, 0.05) is 5.69 Å². The molecule has 132 valence electrons. The fraction of sp³-hybridized carbons (Fsp3) is 0.350. The second-order valence-corrected chi connectivity index (χ2v) is 6.07. The lowest BCUT2D eigenvalue weighted by Gasteiger charge is -2.19. The first-order chi connectivity index (χ1) is 12.3. The van der Waals surface area contributed by atoms with Crippen molar-refractivity contribution in [2.75, 3.05) is 25.6 Å². The summed E-state index contributed by atoms with van der Waals surface area (Å²) in [5.74, 6) is 2.03. The minimum absolute atomic E-state index is 0.428. The van der Waals surface area contributed by atoms with Crippen molar-refractivity contribution in [2.24, 2.45) is 10.7 Å². The molecule has 0 radical (unpaired) electrons. The van der Waals surface area contributed by atoms with Crippen LogP contribution in [0.25, 0.3) is 0 Å². The van der Waals surface area contributed by atoms with Crippen molar-refractivity contribution >= 4 is 11.6 Å². The lowest BCUT2D eigenvalue weighted by molar-refractivity contribution is 0.327. The third-order valence-corrected chi connectivity index (χ3v) is 4.36. The van der Waals surface area contributed by atoms with Gasteiger partial charge in [-0.3, -0.25) is 0 Å². The van der Waals surface area contributed by atoms with Gasteiger partial charge in [-0.05, 0) is 67.1 Å². The SMILES string of the molecule is COc1ccc(OCCN=C(N)Nc2cccc3c2CCCC3)cc1. The quantitative estimate of drug-likeness (QED) is 0.481. The van der Waals surface area contributed by atoms with E-state index < -0.39 is 0 Å². The largest absolute Gasteiger partial charge is 0.497 e. The topological polar surface area (TPSA) is 68.9 Å². The van der Waals surface area contributed by atoms with Crippen LogP contribution >= 0.6 is 0 Å². The van der Waals surface area contributed by atoms with Gasteiger partial charge in [-0.15, -0.1) is 0 Å². The molecule has 0 aromatic heterocycles. The number of ether oxygens (including phenoxy) is 2. The molecule has 3 N–H and O–H groups in total. The average Bonchev–Trinajstić information content (AvgIpc) is 2.66. The molecular weight excluding hydrogens is 314 g/mol. The maximum atomic E-state index is 6.02. The molecule has 0 aliphatic heterocycles. The Labute approximate surface area is 148 Å². The van der Waals surface area contributed by atoms with Crippen molar-refractivity contribution in [1.82, 2.24) is 0 Å². The number of methoxy groups -OCH3 is 1. The standard InChI is InChI=1S/C20H25N3O2/c1-24-16-9-11-17(12-10-16)25-14-13-22-20(21)23-19-8-4-6-15-5-2-3-7-18(15)19/h4,6,8-12H,2-3,5,7,13-14H2,1H3,(H3,21,22,23). The Balaban J connectivity index is 1.50. The van der Waals surface area contributed by atoms with Crippen LogP contribution in [-0.4, -0.2) is 26.2 Å². The summed E-state index contributed by atoms with van der Waals surface area (Å²) in [6.45, 7) is 0.974. The van der Waals surface area contributed by atoms with Gasteiger partial charge in [-0.1, -0.05) is 12.1 Å². The summed E-state index contributed by atoms with van der Waals surface area (Å²) in [7, 11) is 1.64. The molecular formula is C20H25N3O2. The molecule has 2 aromatic rings. The lowest BCUT2D eigenvalue weighted by atomic mass is 9.90. The highest BCUT2D eigenvalue weighted by atomic mass is 16.5. The number of nitrogens with zero attached hydrogens (tertiary/aromatic N) is 1. The molecule has 2 aromatic carbocycles. The smallest absolute Gasteiger partial charge is 0.193 e. The molecule has 0 bridgehead atoms. The maximum Gasteiger partial charge on any atom is 0.193 e. The number of aryl methyl sites for hydroxylation is 1. The van der Waals surface area contributed by atoms with Crippen molar-refractivity contribution in [3.8, 4) is 11.5 Å². The molecule has 0 fully saturated rings. The number of aliphatic imine (C=N–C) groups is 1. The Morgan fingerprint density at radius 3 is 2.64 bits per heavy atom. The molecule has 1 aliphatic rings. The minimum atomic E-state index is 0.428. The fourth-order valence-corrected chi connectivity index (χ4v) is 3.08. The average molecular weight is 339 g/mol. The zero-order valence-electron chi connectivity index (χ0n) is 14.6. The zero-order valence-corrected chi connectivity index (χ0v) is 14.6. The van der Waals surface area contributed by atoms with Gasteiger partial charge in [0.25, 0.3) is 0 Å². The number of hydrogen-bond acceptors (Lipinski definition) is 3. The Kier molecular flexibility index (Phi) is 5.77. The van der Waals surface area contributed by atoms with E-state index in [1.54, 1.807) is 7.11 Å². The van der Waals surface area contributed by atoms with Crippen LogP contribution in [0, 0.1) is 0 Å². The molecule has 0 atom stereocenters. The van der Waals surface area contributed by atoms with Crippen molar-refractivity contribution in [3.63, 3.8) is 0 Å². The first kappa shape index (κ1) is 17.1. The third kappa shape index (κ3) is 4.66. The van der Waals surface area contributed by atoms with Crippen LogP contribution in [0.3, 0.4) is 0 Å². The Bertz CT molecular complexity index is 726. The monoisotopic (exact) mass is 339 g/mol. The van der Waals surface area contributed by atoms with Crippen LogP contribution in [0.2, 0.25) is 0 Å². The molecule has 0 saturated heterocycles. The van der Waals surface area contributed by atoms with Crippen molar-refractivity contribution < 1.29 is 9.47 Å². The van der Waals surface area contributed by atoms with E-state index in [4.69, 9.17) is 15.2 Å². The highest BCUT2D eigenvalue weighted by Gasteiger charge is 2.12. The van der Waals surface area contributed by atoms with Crippen LogP contribution in [-0.2, 0) is 12.8 Å². The van der Waals surface area contributed by atoms with E-state index in [-0.39, 0.29) is 0 Å². The van der Waals surface area contributed by atoms with Crippen LogP contribution < -0.4 is 20.5 Å². The molecule has 25 heavy (non-hydrogen) atoms. The summed E-state index contributed by atoms with van der Waals surface area (Å²) in [6, 6.07) is 13.8. The number of nitrogens with two attached hydrogens (primary N) is 1. The Hall–Kier alpha value is -2.69. The van der Waals surface area contributed by atoms with Gasteiger partial charge in [0.05, 0.1) is 13.7 Å². The first-order valence-corrected chi connectivity index (χ1v) is 8.71. The molecule has 1 aliphatic carbocycles. The van der Waals surface area contributed by atoms with E-state index in [9.17, 15) is 0 Å². The van der Waals surface area contributed by atoms with Gasteiger partial charge in [-0.25, -0.2) is 4.99 Å². The summed E-state index contributed by atoms with van der Waals surface area (Å²) in [4.78, 5) is 4.35. The second kappa shape index (κ2) is 8.42. The molecule has 5 heteroatoms. The van der Waals surface area contributed by atoms with Gasteiger partial charge in [-0.2, -0.15) is 0 Å². The normalized spacial score (nSPS) is 13.9. The lowest BCUT2D eigenvalue weighted by Crippen LogP contribution is -2.25. The zero-order chi connectivity index (χ0) is 17.5. The highest BCUT2D eigenvalue weighted by Crippen LogP contribution is 2.27. The Morgan fingerprint density at radius 1 is 1.08 bits per heavy atom. The minimum Gasteiger partial charge on any atom is -0.497 e. The fourth-order valence-electron chi connectivity index (χ4n) is 3.08. The van der Waals surface area contributed by atoms with Gasteiger partial charge in [0.1, 0.15) is 18.1 Å². The first-order valence-electron chi connectivity index (χ1n) is 8.71. The highest BCUT2D eigenvalue weighted by molar-refractivity contribution is 5.93. The van der Waals surface area contributed by atoms with E-state index in [2.05, 4.69) is 28.5 Å². The Morgan fingerprint density at radius 2 is 1.84 bits per heavy atom. The van der Waals surface area contributed by atoms with E-state index in [0.717, 1.165) is 30.0 Å². The van der Waals surface area contributed by atoms with Gasteiger partial charge < -0.3 is 20.5 Å². The number of benzene rings is 2. The summed E-state index contributed by atoms with van der Waals surface area (Å²) in [6.07, 6.45) is 4.76. The summed E-state index contributed by atoms with van der Waals surface area (Å²) >= 11 is 0. The maximum absolute atomic E-state index is 6.02. The van der Waals surface area contributed by atoms with Crippen molar-refractivity contribution in [3.05, 3.63) is 53.6 Å². The predicted octanol–water partition coefficient (Wildman–Crippen LogP) is 3.38. The molecule has 0 spiro atoms. The van der Waals surface area contributed by atoms with Crippen LogP contribution in [0.5, 0.6) is 11.5 Å². The molecule has 3 rings (SSSR count). The second-order valence-electron chi connectivity index (χ2n) is 6.07. The molecule has 0 heterocycles. The van der Waals surface area contributed by atoms with Crippen LogP contribution in [0.4, 0.5) is 5.69 Å². The third-order valence-electron chi connectivity index (χ3n) is 4.36. The van der Waals surface area contributed by atoms with E-state index in [0.29, 0.717) is 19.1 Å². The van der Waals surface area contributed by atoms with Crippen LogP contribution in [0.15, 0.2) is 47.5 Å². The van der Waals surface area contributed by atoms with E-state index in [1.165, 1.54) is 24.0 Å². The number of nitrogens with one attached hydrogen (secondary N) is 1. The predicted molar refractivity (Wildman–Crippen MR) is 102 cm³/mol. The van der Waals surface area contributed by atoms with Gasteiger partial charge in [0.2, 0.25) is 0 Å². The number of guanidine groups is 1. The number of anilines is 1. The molecule has 0 unspecified atom stereocenters. The van der Waals surface area contributed by atoms with Crippen LogP contribution in [0.1, 0.15) is 24.0 Å². The summed E-state index contributed by atoms with van der Waals surface area (Å²) in [5, 5.41) is 3.24. The molecule has 5 nitrogen and oxygen atoms in total. The van der Waals surface area contributed by atoms with Crippen molar-refractivity contribution in [1.29, 1.82) is 0 Å². The van der Waals surface area contributed by atoms with Gasteiger partial charge in [0.15, 0.2) is 5.96 Å². The summed E-state index contributed by atoms with van der Waals surface area (Å²) < 4.78 is 10.8. The molecule has 0 amide bonds. The van der Waals surface area contributed by atoms with E-state index in [1.807, 2.05) is 24.3 Å². The number of hydrogen-bond donors (Lipinski definition) is 2.